The lowest BCUT2D eigenvalue weighted by atomic mass is 10.3. The average molecular weight is 438 g/mol. The quantitative estimate of drug-likeness (QED) is 0.489. The number of nitrogens with one attached hydrogen (secondary N) is 1. The molecular weight excluding hydrogens is 425 g/mol. The minimum absolute atomic E-state index is 0.0641. The second-order valence-corrected chi connectivity index (χ2v) is 7.53. The highest BCUT2D eigenvalue weighted by Gasteiger charge is 2.26. The molecule has 1 N–H and O–H groups in total. The number of hydrogen-bond acceptors (Lipinski definition) is 5. The van der Waals surface area contributed by atoms with Crippen LogP contribution in [0.15, 0.2) is 62.6 Å². The molecule has 2 aromatic carbocycles. The van der Waals surface area contributed by atoms with E-state index in [0.29, 0.717) is 10.2 Å². The van der Waals surface area contributed by atoms with Crippen LogP contribution < -0.4 is 15.1 Å². The van der Waals surface area contributed by atoms with Crippen molar-refractivity contribution in [3.05, 3.63) is 58.8 Å². The van der Waals surface area contributed by atoms with Crippen molar-refractivity contribution in [2.24, 2.45) is 0 Å². The van der Waals surface area contributed by atoms with E-state index in [2.05, 4.69) is 26.5 Å². The molecule has 1 heterocycles. The third kappa shape index (κ3) is 4.05. The van der Waals surface area contributed by atoms with E-state index in [1.165, 1.54) is 16.8 Å². The summed E-state index contributed by atoms with van der Waals surface area (Å²) in [6.07, 6.45) is 0. The Morgan fingerprint density at radius 2 is 2.08 bits per heavy atom. The molecule has 0 fully saturated rings. The molecule has 3 aromatic rings. The zero-order chi connectivity index (χ0) is 18.7. The summed E-state index contributed by atoms with van der Waals surface area (Å²) in [5, 5.41) is 17.7. The van der Waals surface area contributed by atoms with Gasteiger partial charge in [0, 0.05) is 16.6 Å². The lowest BCUT2D eigenvalue weighted by Gasteiger charge is -2.11. The summed E-state index contributed by atoms with van der Waals surface area (Å²) in [5.41, 5.74) is 0.696. The molecule has 0 saturated carbocycles. The zero-order valence-corrected chi connectivity index (χ0v) is 15.9. The molecule has 134 valence electrons. The summed E-state index contributed by atoms with van der Waals surface area (Å²) in [6.45, 7) is 1.61. The first-order valence-electron chi connectivity index (χ1n) is 7.52. The summed E-state index contributed by atoms with van der Waals surface area (Å²) >= 11 is 4.14. The zero-order valence-electron chi connectivity index (χ0n) is 13.5. The monoisotopic (exact) mass is 437 g/mol. The molecule has 9 heteroatoms. The van der Waals surface area contributed by atoms with Gasteiger partial charge in [-0.3, -0.25) is 4.79 Å². The van der Waals surface area contributed by atoms with Crippen LogP contribution in [0.4, 0.5) is 10.1 Å². The number of thioether (sulfide) groups is 1. The van der Waals surface area contributed by atoms with Crippen LogP contribution in [-0.2, 0) is 4.79 Å². The molecule has 1 amide bonds. The Morgan fingerprint density at radius 3 is 2.77 bits per heavy atom. The number of amides is 1. The molecule has 6 nitrogen and oxygen atoms in total. The SMILES string of the molecule is CC(Sc1c([O-])on[n+]1-c1ccccc1)C(=O)Nc1ccc(Br)cc1F. The minimum atomic E-state index is -0.680. The van der Waals surface area contributed by atoms with E-state index < -0.39 is 22.9 Å². The van der Waals surface area contributed by atoms with Crippen LogP contribution in [0, 0.1) is 5.82 Å². The van der Waals surface area contributed by atoms with Gasteiger partial charge in [0.1, 0.15) is 5.82 Å². The fourth-order valence-corrected chi connectivity index (χ4v) is 3.32. The number of rotatable bonds is 5. The van der Waals surface area contributed by atoms with Crippen LogP contribution >= 0.6 is 27.7 Å². The number of carbonyl (C=O) groups excluding carboxylic acids is 1. The summed E-state index contributed by atoms with van der Waals surface area (Å²) in [4.78, 5) is 12.4. The van der Waals surface area contributed by atoms with Gasteiger partial charge in [-0.2, -0.15) is 0 Å². The van der Waals surface area contributed by atoms with Gasteiger partial charge in [-0.05, 0) is 41.6 Å². The molecule has 0 saturated heterocycles. The van der Waals surface area contributed by atoms with E-state index in [1.807, 2.05) is 6.07 Å². The Labute approximate surface area is 161 Å². The molecule has 0 spiro atoms. The Bertz CT molecular complexity index is 936. The standard InChI is InChI=1S/C17H13BrFN3O3S/c1-10(15(23)20-14-8-7-11(18)9-13(14)19)26-16-17(24)25-21-22(16)12-5-3-2-4-6-12/h2-10H,1H3,(H-,20,21,23,24). The molecular formula is C17H13BrFN3O3S. The lowest BCUT2D eigenvalue weighted by Crippen LogP contribution is -2.36. The van der Waals surface area contributed by atoms with Crippen LogP contribution in [0.5, 0.6) is 5.95 Å². The van der Waals surface area contributed by atoms with E-state index in [0.717, 1.165) is 11.8 Å². The molecule has 0 aliphatic carbocycles. The predicted molar refractivity (Wildman–Crippen MR) is 95.5 cm³/mol. The topological polar surface area (TPSA) is 82.1 Å². The number of aromatic nitrogens is 2. The molecule has 26 heavy (non-hydrogen) atoms. The van der Waals surface area contributed by atoms with E-state index in [1.54, 1.807) is 37.3 Å². The largest absolute Gasteiger partial charge is 0.538 e. The van der Waals surface area contributed by atoms with Crippen LogP contribution in [0.3, 0.4) is 0 Å². The van der Waals surface area contributed by atoms with Crippen molar-refractivity contribution in [3.63, 3.8) is 0 Å². The first-order chi connectivity index (χ1) is 12.5. The number of anilines is 1. The number of hydrogen-bond donors (Lipinski definition) is 1. The van der Waals surface area contributed by atoms with Crippen LogP contribution in [0.2, 0.25) is 0 Å². The van der Waals surface area contributed by atoms with Gasteiger partial charge in [0.25, 0.3) is 5.03 Å². The van der Waals surface area contributed by atoms with E-state index >= 15 is 0 Å². The van der Waals surface area contributed by atoms with Gasteiger partial charge in [0.15, 0.2) is 5.95 Å². The average Bonchev–Trinajstić information content (AvgIpc) is 2.98. The Hall–Kier alpha value is -2.39. The third-order valence-electron chi connectivity index (χ3n) is 3.42. The summed E-state index contributed by atoms with van der Waals surface area (Å²) in [6, 6.07) is 13.3. The van der Waals surface area contributed by atoms with Gasteiger partial charge >= 0.3 is 0 Å². The first kappa shape index (κ1) is 18.4. The van der Waals surface area contributed by atoms with E-state index in [-0.39, 0.29) is 10.7 Å². The molecule has 0 radical (unpaired) electrons. The maximum atomic E-state index is 13.9. The smallest absolute Gasteiger partial charge is 0.298 e. The number of benzene rings is 2. The Morgan fingerprint density at radius 1 is 1.35 bits per heavy atom. The highest BCUT2D eigenvalue weighted by atomic mass is 79.9. The van der Waals surface area contributed by atoms with Crippen LogP contribution in [0.25, 0.3) is 5.69 Å². The summed E-state index contributed by atoms with van der Waals surface area (Å²) in [5.74, 6) is -1.65. The maximum absolute atomic E-state index is 13.9. The van der Waals surface area contributed by atoms with Crippen molar-refractivity contribution in [2.75, 3.05) is 5.32 Å². The molecule has 1 atom stereocenters. The van der Waals surface area contributed by atoms with Gasteiger partial charge in [0.05, 0.1) is 16.2 Å². The fraction of sp³-hybridized carbons (Fsp3) is 0.118. The maximum Gasteiger partial charge on any atom is 0.298 e. The van der Waals surface area contributed by atoms with Crippen LogP contribution in [0.1, 0.15) is 6.92 Å². The van der Waals surface area contributed by atoms with Crippen molar-refractivity contribution in [3.8, 4) is 11.6 Å². The van der Waals surface area contributed by atoms with Crippen molar-refractivity contribution in [1.82, 2.24) is 5.27 Å². The van der Waals surface area contributed by atoms with Gasteiger partial charge in [0.2, 0.25) is 11.6 Å². The van der Waals surface area contributed by atoms with Gasteiger partial charge in [-0.1, -0.05) is 34.1 Å². The van der Waals surface area contributed by atoms with Crippen LogP contribution in [-0.4, -0.2) is 16.4 Å². The molecule has 0 aliphatic rings. The number of nitrogens with zero attached hydrogens (tertiary/aromatic N) is 2. The van der Waals surface area contributed by atoms with Gasteiger partial charge in [-0.25, -0.2) is 4.39 Å². The number of para-hydroxylation sites is 1. The Kier molecular flexibility index (Phi) is 5.58. The second-order valence-electron chi connectivity index (χ2n) is 5.29. The summed E-state index contributed by atoms with van der Waals surface area (Å²) < 4.78 is 20.5. The molecule has 3 rings (SSSR count). The minimum Gasteiger partial charge on any atom is -0.538 e. The van der Waals surface area contributed by atoms with Crippen molar-refractivity contribution in [2.45, 2.75) is 17.2 Å². The van der Waals surface area contributed by atoms with E-state index in [9.17, 15) is 14.3 Å². The van der Waals surface area contributed by atoms with Crippen molar-refractivity contribution in [1.29, 1.82) is 0 Å². The normalized spacial score (nSPS) is 12.0. The van der Waals surface area contributed by atoms with Gasteiger partial charge in [-0.15, -0.1) is 0 Å². The highest BCUT2D eigenvalue weighted by Crippen LogP contribution is 2.28. The Balaban J connectivity index is 1.77. The molecule has 1 aromatic heterocycles. The first-order valence-corrected chi connectivity index (χ1v) is 9.20. The number of halogens is 2. The predicted octanol–water partition coefficient (Wildman–Crippen LogP) is 3.05. The van der Waals surface area contributed by atoms with Crippen molar-refractivity contribution < 1.29 is 23.5 Å². The highest BCUT2D eigenvalue weighted by molar-refractivity contribution is 9.10. The van der Waals surface area contributed by atoms with E-state index in [4.69, 9.17) is 4.52 Å². The lowest BCUT2D eigenvalue weighted by molar-refractivity contribution is -0.705. The fourth-order valence-electron chi connectivity index (χ4n) is 2.12. The third-order valence-corrected chi connectivity index (χ3v) is 5.04. The number of carbonyl (C=O) groups is 1. The van der Waals surface area contributed by atoms with Gasteiger partial charge < -0.3 is 14.9 Å². The second kappa shape index (κ2) is 7.88. The molecule has 0 bridgehead atoms. The molecule has 1 unspecified atom stereocenters. The summed E-state index contributed by atoms with van der Waals surface area (Å²) in [7, 11) is 0. The van der Waals surface area contributed by atoms with Crippen molar-refractivity contribution >= 4 is 39.3 Å². The molecule has 0 aliphatic heterocycles.